The number of aryl methyl sites for hydroxylation is 1. The molecule has 44 heavy (non-hydrogen) atoms. The number of H-pyrrole nitrogens is 1. The lowest BCUT2D eigenvalue weighted by atomic mass is 9.90. The van der Waals surface area contributed by atoms with Gasteiger partial charge in [-0.15, -0.1) is 0 Å². The third-order valence-corrected chi connectivity index (χ3v) is 7.39. The van der Waals surface area contributed by atoms with E-state index in [0.717, 1.165) is 5.56 Å². The lowest BCUT2D eigenvalue weighted by molar-refractivity contribution is 0.0505. The molecule has 228 valence electrons. The summed E-state index contributed by atoms with van der Waals surface area (Å²) in [6.07, 6.45) is 4.57. The van der Waals surface area contributed by atoms with E-state index < -0.39 is 19.1 Å². The van der Waals surface area contributed by atoms with Gasteiger partial charge in [-0.2, -0.15) is 10.4 Å². The lowest BCUT2D eigenvalue weighted by Crippen LogP contribution is -2.45. The highest BCUT2D eigenvalue weighted by atomic mass is 35.5. The molecule has 4 aromatic heterocycles. The summed E-state index contributed by atoms with van der Waals surface area (Å²) in [5.41, 5.74) is 2.98. The van der Waals surface area contributed by atoms with Crippen LogP contribution in [0.2, 0.25) is 5.02 Å². The average molecular weight is 625 g/mol. The van der Waals surface area contributed by atoms with Crippen molar-refractivity contribution in [2.75, 3.05) is 23.9 Å². The zero-order valence-corrected chi connectivity index (χ0v) is 24.4. The van der Waals surface area contributed by atoms with E-state index in [-0.39, 0.29) is 29.5 Å². The number of carbonyl (C=O) groups is 1. The van der Waals surface area contributed by atoms with Crippen LogP contribution < -0.4 is 15.0 Å². The minimum atomic E-state index is -2.80. The summed E-state index contributed by atoms with van der Waals surface area (Å²) in [6, 6.07) is 5.28. The number of halogens is 3. The van der Waals surface area contributed by atoms with Crippen molar-refractivity contribution >= 4 is 29.5 Å². The summed E-state index contributed by atoms with van der Waals surface area (Å²) in [7, 11) is 1.47. The van der Waals surface area contributed by atoms with Crippen LogP contribution in [0.5, 0.6) is 6.01 Å². The molecule has 4 heterocycles. The summed E-state index contributed by atoms with van der Waals surface area (Å²) in [5.74, 6) is 0.588. The Labute approximate surface area is 255 Å². The van der Waals surface area contributed by atoms with E-state index in [1.165, 1.54) is 24.4 Å². The molecule has 1 saturated carbocycles. The second kappa shape index (κ2) is 13.6. The summed E-state index contributed by atoms with van der Waals surface area (Å²) in [5, 5.41) is 19.7. The van der Waals surface area contributed by atoms with Crippen molar-refractivity contribution in [1.82, 2.24) is 35.1 Å². The Hall–Kier alpha value is -4.97. The number of pyridine rings is 1. The third-order valence-electron chi connectivity index (χ3n) is 7.10. The van der Waals surface area contributed by atoms with E-state index in [1.54, 1.807) is 31.5 Å². The van der Waals surface area contributed by atoms with Gasteiger partial charge in [0.2, 0.25) is 5.95 Å². The molecule has 1 aliphatic carbocycles. The molecule has 0 radical (unpaired) electrons. The van der Waals surface area contributed by atoms with Crippen molar-refractivity contribution in [3.05, 3.63) is 53.2 Å². The fourth-order valence-electron chi connectivity index (χ4n) is 5.00. The third kappa shape index (κ3) is 6.81. The van der Waals surface area contributed by atoms with Gasteiger partial charge in [0.05, 0.1) is 30.1 Å². The van der Waals surface area contributed by atoms with Crippen molar-refractivity contribution in [3.8, 4) is 34.6 Å². The van der Waals surface area contributed by atoms with Gasteiger partial charge in [0.25, 0.3) is 6.43 Å². The first-order valence-electron chi connectivity index (χ1n) is 13.6. The average Bonchev–Trinajstić information content (AvgIpc) is 3.46. The predicted octanol–water partition coefficient (Wildman–Crippen LogP) is 5.19. The first-order chi connectivity index (χ1) is 21.3. The summed E-state index contributed by atoms with van der Waals surface area (Å²) >= 11 is 6.19. The number of nitriles is 1. The molecule has 0 aromatic carbocycles. The number of rotatable bonds is 9. The fraction of sp³-hybridized carbons (Fsp3) is 0.357. The number of nitrogens with one attached hydrogen (secondary N) is 2. The van der Waals surface area contributed by atoms with Crippen LogP contribution in [0.4, 0.5) is 25.3 Å². The topological polar surface area (TPSA) is 168 Å². The van der Waals surface area contributed by atoms with Gasteiger partial charge in [-0.25, -0.2) is 38.5 Å². The number of amides is 1. The zero-order chi connectivity index (χ0) is 31.2. The number of aromatic nitrogens is 7. The van der Waals surface area contributed by atoms with Gasteiger partial charge >= 0.3 is 12.1 Å². The molecular formula is C28H27ClF2N10O3. The van der Waals surface area contributed by atoms with Crippen molar-refractivity contribution in [1.29, 1.82) is 5.26 Å². The van der Waals surface area contributed by atoms with Crippen LogP contribution in [0.25, 0.3) is 22.5 Å². The Morgan fingerprint density at radius 3 is 2.52 bits per heavy atom. The van der Waals surface area contributed by atoms with Gasteiger partial charge in [0.15, 0.2) is 6.61 Å². The summed E-state index contributed by atoms with van der Waals surface area (Å²) < 4.78 is 35.8. The monoisotopic (exact) mass is 624 g/mol. The molecule has 1 aliphatic rings. The largest absolute Gasteiger partial charge is 0.467 e. The van der Waals surface area contributed by atoms with E-state index in [4.69, 9.17) is 21.1 Å². The minimum Gasteiger partial charge on any atom is -0.467 e. The van der Waals surface area contributed by atoms with Crippen molar-refractivity contribution in [2.45, 2.75) is 51.1 Å². The molecule has 0 spiro atoms. The molecule has 1 amide bonds. The van der Waals surface area contributed by atoms with E-state index in [1.807, 2.05) is 0 Å². The van der Waals surface area contributed by atoms with Crippen LogP contribution in [-0.4, -0.2) is 73.4 Å². The molecule has 0 saturated heterocycles. The number of anilines is 2. The molecule has 0 bridgehead atoms. The Bertz CT molecular complexity index is 1660. The van der Waals surface area contributed by atoms with Gasteiger partial charge < -0.3 is 14.8 Å². The number of carbonyl (C=O) groups excluding carboxylic acids is 1. The van der Waals surface area contributed by atoms with Crippen molar-refractivity contribution < 1.29 is 23.0 Å². The lowest BCUT2D eigenvalue weighted by Gasteiger charge is -2.36. The zero-order valence-electron chi connectivity index (χ0n) is 23.7. The van der Waals surface area contributed by atoms with Gasteiger partial charge in [-0.1, -0.05) is 11.6 Å². The standard InChI is InChI=1S/C28H27ClF2N10O3/c1-15-20(17-11-34-27(43-2)35-12-17)7-8-23(37-15)41(28(42)44-14-22(30)31)19-5-3-18(4-6-19)38-26-33-10-16(9-32)24(39-26)25-21(29)13-36-40-25/h7-8,10-13,18-19,22H,3-6,14H2,1-2H3,(H,36,40)(H,33,38,39). The molecule has 1 fully saturated rings. The van der Waals surface area contributed by atoms with Crippen LogP contribution in [-0.2, 0) is 4.74 Å². The van der Waals surface area contributed by atoms with Crippen LogP contribution >= 0.6 is 11.6 Å². The predicted molar refractivity (Wildman–Crippen MR) is 155 cm³/mol. The number of ether oxygens (including phenoxy) is 2. The molecule has 2 N–H and O–H groups in total. The number of hydrogen-bond acceptors (Lipinski definition) is 11. The van der Waals surface area contributed by atoms with Crippen LogP contribution in [0, 0.1) is 18.3 Å². The Morgan fingerprint density at radius 2 is 1.91 bits per heavy atom. The number of aromatic amines is 1. The Kier molecular flexibility index (Phi) is 9.39. The van der Waals surface area contributed by atoms with E-state index in [2.05, 4.69) is 46.5 Å². The maximum atomic E-state index is 13.1. The first-order valence-corrected chi connectivity index (χ1v) is 14.0. The van der Waals surface area contributed by atoms with Gasteiger partial charge in [-0.3, -0.25) is 10.00 Å². The van der Waals surface area contributed by atoms with E-state index in [9.17, 15) is 18.8 Å². The normalized spacial score (nSPS) is 16.3. The molecule has 0 atom stereocenters. The second-order valence-corrected chi connectivity index (χ2v) is 10.3. The molecule has 0 aliphatic heterocycles. The first kappa shape index (κ1) is 30.5. The van der Waals surface area contributed by atoms with Gasteiger partial charge in [0, 0.05) is 41.3 Å². The highest BCUT2D eigenvalue weighted by Gasteiger charge is 2.33. The van der Waals surface area contributed by atoms with Crippen LogP contribution in [0.1, 0.15) is 36.9 Å². The van der Waals surface area contributed by atoms with Crippen molar-refractivity contribution in [3.63, 3.8) is 0 Å². The number of nitrogens with zero attached hydrogens (tertiary/aromatic N) is 8. The van der Waals surface area contributed by atoms with Crippen LogP contribution in [0.15, 0.2) is 36.9 Å². The number of methoxy groups -OCH3 is 1. The van der Waals surface area contributed by atoms with Gasteiger partial charge in [0.1, 0.15) is 23.3 Å². The second-order valence-electron chi connectivity index (χ2n) is 9.91. The number of alkyl halides is 2. The van der Waals surface area contributed by atoms with Crippen molar-refractivity contribution in [2.24, 2.45) is 0 Å². The molecular weight excluding hydrogens is 598 g/mol. The summed E-state index contributed by atoms with van der Waals surface area (Å²) in [4.78, 5) is 36.1. The summed E-state index contributed by atoms with van der Waals surface area (Å²) in [6.45, 7) is 0.750. The quantitative estimate of drug-likeness (QED) is 0.251. The molecule has 5 rings (SSSR count). The van der Waals surface area contributed by atoms with E-state index >= 15 is 0 Å². The maximum Gasteiger partial charge on any atom is 0.415 e. The van der Waals surface area contributed by atoms with E-state index in [0.29, 0.717) is 59.3 Å². The highest BCUT2D eigenvalue weighted by Crippen LogP contribution is 2.32. The molecule has 4 aromatic rings. The number of hydrogen-bond donors (Lipinski definition) is 2. The maximum absolute atomic E-state index is 13.1. The SMILES string of the molecule is COc1ncc(-c2ccc(N(C(=O)OCC(F)F)C3CCC(Nc4ncc(C#N)c(-c5[nH]ncc5Cl)n4)CC3)nc2C)cn1. The molecule has 16 heteroatoms. The Morgan fingerprint density at radius 1 is 1.16 bits per heavy atom. The molecule has 13 nitrogen and oxygen atoms in total. The highest BCUT2D eigenvalue weighted by molar-refractivity contribution is 6.32. The van der Waals surface area contributed by atoms with Crippen LogP contribution in [0.3, 0.4) is 0 Å². The smallest absolute Gasteiger partial charge is 0.415 e. The Balaban J connectivity index is 1.32. The fourth-order valence-corrected chi connectivity index (χ4v) is 5.18. The molecule has 0 unspecified atom stereocenters. The minimum absolute atomic E-state index is 0.0599. The van der Waals surface area contributed by atoms with Gasteiger partial charge in [-0.05, 0) is 44.7 Å².